The van der Waals surface area contributed by atoms with Crippen LogP contribution in [0.15, 0.2) is 18.3 Å². The highest BCUT2D eigenvalue weighted by Crippen LogP contribution is 2.24. The summed E-state index contributed by atoms with van der Waals surface area (Å²) < 4.78 is 5.78. The van der Waals surface area contributed by atoms with Crippen molar-refractivity contribution in [1.82, 2.24) is 4.98 Å². The Morgan fingerprint density at radius 2 is 2.35 bits per heavy atom. The average molecular weight is 277 g/mol. The maximum atomic E-state index is 6.11. The Morgan fingerprint density at radius 1 is 1.50 bits per heavy atom. The fraction of sp³-hybridized carbons (Fsp3) is 0.688. The van der Waals surface area contributed by atoms with Crippen molar-refractivity contribution in [2.75, 3.05) is 24.6 Å². The van der Waals surface area contributed by atoms with Gasteiger partial charge in [-0.1, -0.05) is 13.0 Å². The van der Waals surface area contributed by atoms with E-state index in [1.165, 1.54) is 12.0 Å². The van der Waals surface area contributed by atoms with Crippen molar-refractivity contribution in [3.8, 4) is 0 Å². The van der Waals surface area contributed by atoms with Crippen LogP contribution in [-0.4, -0.2) is 36.8 Å². The summed E-state index contributed by atoms with van der Waals surface area (Å²) in [5, 5.41) is 0. The predicted molar refractivity (Wildman–Crippen MR) is 83.1 cm³/mol. The van der Waals surface area contributed by atoms with Crippen LogP contribution in [0.2, 0.25) is 0 Å². The minimum atomic E-state index is 0.213. The molecule has 2 unspecified atom stereocenters. The van der Waals surface area contributed by atoms with Gasteiger partial charge in [-0.2, -0.15) is 0 Å². The van der Waals surface area contributed by atoms with E-state index in [0.717, 1.165) is 44.8 Å². The minimum Gasteiger partial charge on any atom is -0.377 e. The Labute approximate surface area is 122 Å². The van der Waals surface area contributed by atoms with Crippen LogP contribution in [0, 0.1) is 0 Å². The number of rotatable bonds is 6. The fourth-order valence-electron chi connectivity index (χ4n) is 2.80. The summed E-state index contributed by atoms with van der Waals surface area (Å²) in [5.74, 6) is 1.10. The quantitative estimate of drug-likeness (QED) is 0.867. The SMILES string of the molecule is CCOC1CCCN(c2ncccc2CC(N)CC)C1. The number of piperidine rings is 1. The van der Waals surface area contributed by atoms with Crippen LogP contribution >= 0.6 is 0 Å². The Balaban J connectivity index is 2.10. The van der Waals surface area contributed by atoms with Crippen molar-refractivity contribution in [2.24, 2.45) is 5.73 Å². The first-order chi connectivity index (χ1) is 9.74. The van der Waals surface area contributed by atoms with E-state index in [0.29, 0.717) is 6.10 Å². The van der Waals surface area contributed by atoms with Gasteiger partial charge in [-0.3, -0.25) is 0 Å². The third-order valence-corrected chi connectivity index (χ3v) is 3.95. The van der Waals surface area contributed by atoms with Crippen LogP contribution in [0.3, 0.4) is 0 Å². The summed E-state index contributed by atoms with van der Waals surface area (Å²) in [4.78, 5) is 6.96. The lowest BCUT2D eigenvalue weighted by Gasteiger charge is -2.34. The molecule has 2 atom stereocenters. The average Bonchev–Trinajstić information content (AvgIpc) is 2.48. The van der Waals surface area contributed by atoms with Crippen molar-refractivity contribution in [3.63, 3.8) is 0 Å². The van der Waals surface area contributed by atoms with E-state index in [4.69, 9.17) is 10.5 Å². The van der Waals surface area contributed by atoms with E-state index in [1.807, 2.05) is 12.3 Å². The molecule has 1 aliphatic rings. The summed E-state index contributed by atoms with van der Waals surface area (Å²) in [6.07, 6.45) is 6.43. The zero-order valence-electron chi connectivity index (χ0n) is 12.7. The number of nitrogens with zero attached hydrogens (tertiary/aromatic N) is 2. The molecule has 1 fully saturated rings. The minimum absolute atomic E-state index is 0.213. The summed E-state index contributed by atoms with van der Waals surface area (Å²) in [6.45, 7) is 6.99. The van der Waals surface area contributed by atoms with Crippen molar-refractivity contribution in [1.29, 1.82) is 0 Å². The van der Waals surface area contributed by atoms with Gasteiger partial charge in [0.15, 0.2) is 0 Å². The molecule has 0 saturated carbocycles. The number of nitrogens with two attached hydrogens (primary N) is 1. The second kappa shape index (κ2) is 7.60. The summed E-state index contributed by atoms with van der Waals surface area (Å²) in [6, 6.07) is 4.37. The van der Waals surface area contributed by atoms with Gasteiger partial charge in [0, 0.05) is 31.9 Å². The standard InChI is InChI=1S/C16H27N3O/c1-3-14(17)11-13-7-5-9-18-16(13)19-10-6-8-15(12-19)20-4-2/h5,7,9,14-15H,3-4,6,8,10-12,17H2,1-2H3. The number of ether oxygens (including phenoxy) is 1. The zero-order chi connectivity index (χ0) is 14.4. The third-order valence-electron chi connectivity index (χ3n) is 3.95. The second-order valence-corrected chi connectivity index (χ2v) is 5.52. The first-order valence-corrected chi connectivity index (χ1v) is 7.80. The monoisotopic (exact) mass is 277 g/mol. The molecule has 1 aromatic rings. The molecule has 0 bridgehead atoms. The molecule has 1 aromatic heterocycles. The molecule has 1 aliphatic heterocycles. The number of hydrogen-bond acceptors (Lipinski definition) is 4. The Bertz CT molecular complexity index is 408. The van der Waals surface area contributed by atoms with E-state index in [-0.39, 0.29) is 6.04 Å². The van der Waals surface area contributed by atoms with Gasteiger partial charge in [0.2, 0.25) is 0 Å². The third kappa shape index (κ3) is 3.93. The van der Waals surface area contributed by atoms with Crippen molar-refractivity contribution in [2.45, 2.75) is 51.7 Å². The van der Waals surface area contributed by atoms with Gasteiger partial charge < -0.3 is 15.4 Å². The van der Waals surface area contributed by atoms with Gasteiger partial charge in [0.1, 0.15) is 5.82 Å². The Kier molecular flexibility index (Phi) is 5.80. The van der Waals surface area contributed by atoms with Crippen LogP contribution in [0.4, 0.5) is 5.82 Å². The van der Waals surface area contributed by atoms with E-state index in [2.05, 4.69) is 29.8 Å². The molecular weight excluding hydrogens is 250 g/mol. The van der Waals surface area contributed by atoms with Crippen LogP contribution < -0.4 is 10.6 Å². The van der Waals surface area contributed by atoms with Gasteiger partial charge in [-0.05, 0) is 44.2 Å². The van der Waals surface area contributed by atoms with Gasteiger partial charge >= 0.3 is 0 Å². The lowest BCUT2D eigenvalue weighted by atomic mass is 10.0. The molecule has 0 aromatic carbocycles. The molecule has 0 aliphatic carbocycles. The maximum Gasteiger partial charge on any atom is 0.131 e. The molecule has 1 saturated heterocycles. The Hall–Kier alpha value is -1.13. The molecule has 2 heterocycles. The topological polar surface area (TPSA) is 51.4 Å². The largest absolute Gasteiger partial charge is 0.377 e. The van der Waals surface area contributed by atoms with E-state index in [1.54, 1.807) is 0 Å². The highest BCUT2D eigenvalue weighted by atomic mass is 16.5. The van der Waals surface area contributed by atoms with Crippen LogP contribution in [0.5, 0.6) is 0 Å². The van der Waals surface area contributed by atoms with Gasteiger partial charge in [-0.15, -0.1) is 0 Å². The molecule has 4 nitrogen and oxygen atoms in total. The Morgan fingerprint density at radius 3 is 3.10 bits per heavy atom. The highest BCUT2D eigenvalue weighted by molar-refractivity contribution is 5.47. The van der Waals surface area contributed by atoms with Gasteiger partial charge in [0.05, 0.1) is 6.10 Å². The molecule has 2 rings (SSSR count). The molecule has 20 heavy (non-hydrogen) atoms. The normalized spacial score (nSPS) is 20.9. The predicted octanol–water partition coefficient (Wildman–Crippen LogP) is 2.37. The zero-order valence-corrected chi connectivity index (χ0v) is 12.7. The molecule has 2 N–H and O–H groups in total. The number of pyridine rings is 1. The van der Waals surface area contributed by atoms with E-state index >= 15 is 0 Å². The molecule has 0 radical (unpaired) electrons. The summed E-state index contributed by atoms with van der Waals surface area (Å²) in [7, 11) is 0. The van der Waals surface area contributed by atoms with Crippen molar-refractivity contribution < 1.29 is 4.74 Å². The smallest absolute Gasteiger partial charge is 0.131 e. The highest BCUT2D eigenvalue weighted by Gasteiger charge is 2.23. The van der Waals surface area contributed by atoms with Crippen molar-refractivity contribution >= 4 is 5.82 Å². The van der Waals surface area contributed by atoms with Gasteiger partial charge in [0.25, 0.3) is 0 Å². The summed E-state index contributed by atoms with van der Waals surface area (Å²) >= 11 is 0. The molecule has 0 amide bonds. The fourth-order valence-corrected chi connectivity index (χ4v) is 2.80. The maximum absolute atomic E-state index is 6.11. The second-order valence-electron chi connectivity index (χ2n) is 5.52. The molecular formula is C16H27N3O. The number of anilines is 1. The first kappa shape index (κ1) is 15.3. The molecule has 0 spiro atoms. The van der Waals surface area contributed by atoms with E-state index in [9.17, 15) is 0 Å². The first-order valence-electron chi connectivity index (χ1n) is 7.80. The molecule has 112 valence electrons. The van der Waals surface area contributed by atoms with Gasteiger partial charge in [-0.25, -0.2) is 4.98 Å². The molecule has 4 heteroatoms. The van der Waals surface area contributed by atoms with E-state index < -0.39 is 0 Å². The lowest BCUT2D eigenvalue weighted by Crippen LogP contribution is -2.41. The number of aromatic nitrogens is 1. The van der Waals surface area contributed by atoms with Crippen LogP contribution in [0.25, 0.3) is 0 Å². The van der Waals surface area contributed by atoms with Crippen LogP contribution in [0.1, 0.15) is 38.7 Å². The number of hydrogen-bond donors (Lipinski definition) is 1. The lowest BCUT2D eigenvalue weighted by molar-refractivity contribution is 0.0525. The van der Waals surface area contributed by atoms with Crippen molar-refractivity contribution in [3.05, 3.63) is 23.9 Å². The summed E-state index contributed by atoms with van der Waals surface area (Å²) in [5.41, 5.74) is 7.37. The van der Waals surface area contributed by atoms with Crippen LogP contribution in [-0.2, 0) is 11.2 Å².